The van der Waals surface area contributed by atoms with Crippen LogP contribution in [0.25, 0.3) is 0 Å². The number of nitrogen functional groups attached to an aromatic ring is 1. The molecule has 3 heteroatoms. The van der Waals surface area contributed by atoms with Gasteiger partial charge < -0.3 is 15.2 Å². The molecule has 16 heavy (non-hydrogen) atoms. The Labute approximate surface area is 97.6 Å². The van der Waals surface area contributed by atoms with Crippen LogP contribution in [0.4, 0.5) is 5.69 Å². The molecular formula is C13H21NO2. The van der Waals surface area contributed by atoms with Gasteiger partial charge in [-0.2, -0.15) is 0 Å². The molecule has 0 aliphatic heterocycles. The minimum absolute atomic E-state index is 0.227. The summed E-state index contributed by atoms with van der Waals surface area (Å²) >= 11 is 0. The first kappa shape index (κ1) is 12.8. The van der Waals surface area contributed by atoms with Crippen molar-refractivity contribution in [1.29, 1.82) is 0 Å². The third kappa shape index (κ3) is 3.42. The van der Waals surface area contributed by atoms with Gasteiger partial charge in [0, 0.05) is 11.3 Å². The summed E-state index contributed by atoms with van der Waals surface area (Å²) in [6.07, 6.45) is 0.227. The lowest BCUT2D eigenvalue weighted by molar-refractivity contribution is 0.0237. The second kappa shape index (κ2) is 5.75. The number of anilines is 1. The summed E-state index contributed by atoms with van der Waals surface area (Å²) in [4.78, 5) is 0. The highest BCUT2D eigenvalue weighted by Crippen LogP contribution is 2.21. The summed E-state index contributed by atoms with van der Waals surface area (Å²) in [5, 5.41) is 0. The molecule has 0 heterocycles. The van der Waals surface area contributed by atoms with Gasteiger partial charge in [-0.3, -0.25) is 0 Å². The molecule has 0 spiro atoms. The number of methoxy groups -OCH3 is 1. The van der Waals surface area contributed by atoms with Crippen molar-refractivity contribution < 1.29 is 9.47 Å². The molecule has 0 fully saturated rings. The van der Waals surface area contributed by atoms with Crippen LogP contribution in [-0.2, 0) is 11.3 Å². The molecule has 1 atom stereocenters. The zero-order valence-corrected chi connectivity index (χ0v) is 10.5. The van der Waals surface area contributed by atoms with E-state index in [1.54, 1.807) is 7.11 Å². The number of rotatable bonds is 5. The minimum Gasteiger partial charge on any atom is -0.497 e. The maximum Gasteiger partial charge on any atom is 0.119 e. The summed E-state index contributed by atoms with van der Waals surface area (Å²) in [7, 11) is 1.65. The molecule has 1 rings (SSSR count). The lowest BCUT2D eigenvalue weighted by Gasteiger charge is -2.17. The van der Waals surface area contributed by atoms with Gasteiger partial charge >= 0.3 is 0 Å². The highest BCUT2D eigenvalue weighted by atomic mass is 16.5. The van der Waals surface area contributed by atoms with Gasteiger partial charge in [-0.25, -0.2) is 0 Å². The van der Waals surface area contributed by atoms with E-state index in [9.17, 15) is 0 Å². The summed E-state index contributed by atoms with van der Waals surface area (Å²) in [6.45, 7) is 6.88. The van der Waals surface area contributed by atoms with Crippen LogP contribution in [-0.4, -0.2) is 13.2 Å². The van der Waals surface area contributed by atoms with E-state index in [0.29, 0.717) is 12.5 Å². The van der Waals surface area contributed by atoms with E-state index in [2.05, 4.69) is 20.8 Å². The van der Waals surface area contributed by atoms with Crippen LogP contribution in [0.15, 0.2) is 18.2 Å². The van der Waals surface area contributed by atoms with Crippen molar-refractivity contribution in [3.05, 3.63) is 23.8 Å². The number of benzene rings is 1. The second-order valence-electron chi connectivity index (χ2n) is 4.32. The zero-order chi connectivity index (χ0) is 12.1. The van der Waals surface area contributed by atoms with Gasteiger partial charge in [0.1, 0.15) is 5.75 Å². The minimum atomic E-state index is 0.227. The van der Waals surface area contributed by atoms with Crippen molar-refractivity contribution in [2.45, 2.75) is 33.5 Å². The molecule has 0 saturated carbocycles. The van der Waals surface area contributed by atoms with Crippen molar-refractivity contribution in [2.24, 2.45) is 5.92 Å². The van der Waals surface area contributed by atoms with E-state index in [1.165, 1.54) is 0 Å². The van der Waals surface area contributed by atoms with Gasteiger partial charge in [0.15, 0.2) is 0 Å². The topological polar surface area (TPSA) is 44.5 Å². The Hall–Kier alpha value is -1.22. The molecule has 2 N–H and O–H groups in total. The zero-order valence-electron chi connectivity index (χ0n) is 10.5. The molecule has 1 unspecified atom stereocenters. The van der Waals surface area contributed by atoms with Crippen molar-refractivity contribution in [1.82, 2.24) is 0 Å². The molecule has 90 valence electrons. The normalized spacial score (nSPS) is 12.8. The fraction of sp³-hybridized carbons (Fsp3) is 0.538. The van der Waals surface area contributed by atoms with Gasteiger partial charge in [-0.1, -0.05) is 13.8 Å². The Balaban J connectivity index is 2.65. The fourth-order valence-corrected chi connectivity index (χ4v) is 1.25. The van der Waals surface area contributed by atoms with E-state index in [4.69, 9.17) is 15.2 Å². The number of ether oxygens (including phenoxy) is 2. The van der Waals surface area contributed by atoms with Crippen molar-refractivity contribution in [2.75, 3.05) is 12.8 Å². The summed E-state index contributed by atoms with van der Waals surface area (Å²) in [5.74, 6) is 1.32. The Morgan fingerprint density at radius 2 is 1.94 bits per heavy atom. The Morgan fingerprint density at radius 1 is 1.25 bits per heavy atom. The second-order valence-corrected chi connectivity index (χ2v) is 4.32. The molecule has 0 aliphatic carbocycles. The van der Waals surface area contributed by atoms with Crippen LogP contribution in [0.2, 0.25) is 0 Å². The molecule has 1 aromatic carbocycles. The average Bonchev–Trinajstić information content (AvgIpc) is 2.27. The summed E-state index contributed by atoms with van der Waals surface area (Å²) in [6, 6.07) is 5.62. The highest BCUT2D eigenvalue weighted by molar-refractivity contribution is 5.50. The third-order valence-corrected chi connectivity index (χ3v) is 2.79. The van der Waals surface area contributed by atoms with Crippen molar-refractivity contribution in [3.63, 3.8) is 0 Å². The van der Waals surface area contributed by atoms with Gasteiger partial charge in [0.05, 0.1) is 19.8 Å². The quantitative estimate of drug-likeness (QED) is 0.781. The maximum atomic E-state index is 5.87. The largest absolute Gasteiger partial charge is 0.497 e. The first-order valence-corrected chi connectivity index (χ1v) is 5.58. The molecule has 0 radical (unpaired) electrons. The van der Waals surface area contributed by atoms with E-state index >= 15 is 0 Å². The predicted octanol–water partition coefficient (Wildman–Crippen LogP) is 2.84. The van der Waals surface area contributed by atoms with Crippen LogP contribution in [0.1, 0.15) is 26.3 Å². The van der Waals surface area contributed by atoms with Crippen LogP contribution < -0.4 is 10.5 Å². The molecule has 1 aromatic rings. The third-order valence-electron chi connectivity index (χ3n) is 2.79. The van der Waals surface area contributed by atoms with Crippen molar-refractivity contribution >= 4 is 5.69 Å². The molecule has 0 bridgehead atoms. The number of nitrogens with two attached hydrogens (primary N) is 1. The van der Waals surface area contributed by atoms with E-state index < -0.39 is 0 Å². The number of hydrogen-bond donors (Lipinski definition) is 1. The fourth-order valence-electron chi connectivity index (χ4n) is 1.25. The standard InChI is InChI=1S/C13H21NO2/c1-9(2)10(3)16-8-11-7-12(15-4)5-6-13(11)14/h5-7,9-10H,8,14H2,1-4H3. The maximum absolute atomic E-state index is 5.87. The molecule has 0 amide bonds. The molecule has 3 nitrogen and oxygen atoms in total. The summed E-state index contributed by atoms with van der Waals surface area (Å²) < 4.78 is 10.9. The molecule has 0 aliphatic rings. The lowest BCUT2D eigenvalue weighted by atomic mass is 10.1. The van der Waals surface area contributed by atoms with E-state index in [1.807, 2.05) is 18.2 Å². The predicted molar refractivity (Wildman–Crippen MR) is 66.5 cm³/mol. The van der Waals surface area contributed by atoms with E-state index in [0.717, 1.165) is 17.0 Å². The first-order chi connectivity index (χ1) is 7.54. The van der Waals surface area contributed by atoms with Gasteiger partial charge in [0.25, 0.3) is 0 Å². The smallest absolute Gasteiger partial charge is 0.119 e. The molecule has 0 saturated heterocycles. The van der Waals surface area contributed by atoms with Gasteiger partial charge in [0.2, 0.25) is 0 Å². The Morgan fingerprint density at radius 3 is 2.50 bits per heavy atom. The Kier molecular flexibility index (Phi) is 4.62. The van der Waals surface area contributed by atoms with E-state index in [-0.39, 0.29) is 6.10 Å². The van der Waals surface area contributed by atoms with Crippen LogP contribution >= 0.6 is 0 Å². The van der Waals surface area contributed by atoms with Crippen molar-refractivity contribution in [3.8, 4) is 5.75 Å². The monoisotopic (exact) mass is 223 g/mol. The van der Waals surface area contributed by atoms with Crippen LogP contribution in [0.5, 0.6) is 5.75 Å². The molecular weight excluding hydrogens is 202 g/mol. The SMILES string of the molecule is COc1ccc(N)c(COC(C)C(C)C)c1. The molecule has 0 aromatic heterocycles. The summed E-state index contributed by atoms with van der Waals surface area (Å²) in [5.41, 5.74) is 7.60. The average molecular weight is 223 g/mol. The number of hydrogen-bond acceptors (Lipinski definition) is 3. The Bertz CT molecular complexity index is 337. The highest BCUT2D eigenvalue weighted by Gasteiger charge is 2.09. The van der Waals surface area contributed by atoms with Crippen LogP contribution in [0.3, 0.4) is 0 Å². The lowest BCUT2D eigenvalue weighted by Crippen LogP contribution is -2.15. The van der Waals surface area contributed by atoms with Gasteiger partial charge in [-0.15, -0.1) is 0 Å². The van der Waals surface area contributed by atoms with Gasteiger partial charge in [-0.05, 0) is 31.0 Å². The van der Waals surface area contributed by atoms with Crippen LogP contribution in [0, 0.1) is 5.92 Å². The first-order valence-electron chi connectivity index (χ1n) is 5.58.